The molecule has 1 aliphatic heterocycles. The van der Waals surface area contributed by atoms with Crippen LogP contribution in [0, 0.1) is 11.7 Å². The summed E-state index contributed by atoms with van der Waals surface area (Å²) in [4.78, 5) is 14.1. The average Bonchev–Trinajstić information content (AvgIpc) is 3.39. The summed E-state index contributed by atoms with van der Waals surface area (Å²) < 4.78 is 18.8. The number of amides is 1. The SMILES string of the molecule is O=C(CCOc1ccccc1F)N1CCC(NCC2CC2)CC1. The fraction of sp³-hybridized carbons (Fsp3) is 0.611. The molecule has 2 aliphatic rings. The standard InChI is InChI=1S/C18H25FN2O2/c19-16-3-1-2-4-17(16)23-12-9-18(22)21-10-7-15(8-11-21)20-13-14-5-6-14/h1-4,14-15,20H,5-13H2. The maximum absolute atomic E-state index is 13.4. The number of rotatable bonds is 7. The molecule has 1 saturated heterocycles. The third-order valence-electron chi connectivity index (χ3n) is 4.65. The number of hydrogen-bond donors (Lipinski definition) is 1. The van der Waals surface area contributed by atoms with E-state index in [1.807, 2.05) is 4.90 Å². The molecule has 1 aliphatic carbocycles. The number of nitrogens with one attached hydrogen (secondary N) is 1. The number of piperidine rings is 1. The number of ether oxygens (including phenoxy) is 1. The number of carbonyl (C=O) groups excluding carboxylic acids is 1. The number of hydrogen-bond acceptors (Lipinski definition) is 3. The molecule has 0 unspecified atom stereocenters. The predicted molar refractivity (Wildman–Crippen MR) is 86.8 cm³/mol. The van der Waals surface area contributed by atoms with Gasteiger partial charge in [-0.2, -0.15) is 0 Å². The second-order valence-corrected chi connectivity index (χ2v) is 6.54. The van der Waals surface area contributed by atoms with Gasteiger partial charge >= 0.3 is 0 Å². The molecule has 1 saturated carbocycles. The molecule has 1 aromatic rings. The molecule has 1 amide bonds. The minimum Gasteiger partial charge on any atom is -0.490 e. The van der Waals surface area contributed by atoms with Gasteiger partial charge in [0.1, 0.15) is 0 Å². The van der Waals surface area contributed by atoms with Crippen molar-refractivity contribution in [3.63, 3.8) is 0 Å². The Bertz CT molecular complexity index is 526. The van der Waals surface area contributed by atoms with Crippen molar-refractivity contribution in [2.45, 2.75) is 38.1 Å². The van der Waals surface area contributed by atoms with Crippen LogP contribution in [0.3, 0.4) is 0 Å². The van der Waals surface area contributed by atoms with Crippen LogP contribution < -0.4 is 10.1 Å². The summed E-state index contributed by atoms with van der Waals surface area (Å²) in [6.07, 6.45) is 5.08. The number of likely N-dealkylation sites (tertiary alicyclic amines) is 1. The van der Waals surface area contributed by atoms with Crippen LogP contribution in [0.15, 0.2) is 24.3 Å². The van der Waals surface area contributed by atoms with Crippen molar-refractivity contribution >= 4 is 5.91 Å². The average molecular weight is 320 g/mol. The van der Waals surface area contributed by atoms with Gasteiger partial charge < -0.3 is 15.0 Å². The van der Waals surface area contributed by atoms with Gasteiger partial charge in [0, 0.05) is 19.1 Å². The highest BCUT2D eigenvalue weighted by molar-refractivity contribution is 5.76. The maximum Gasteiger partial charge on any atom is 0.225 e. The first-order valence-corrected chi connectivity index (χ1v) is 8.61. The van der Waals surface area contributed by atoms with Gasteiger partial charge in [0.25, 0.3) is 0 Å². The Morgan fingerprint density at radius 3 is 2.65 bits per heavy atom. The van der Waals surface area contributed by atoms with Gasteiger partial charge in [-0.05, 0) is 50.3 Å². The van der Waals surface area contributed by atoms with E-state index in [9.17, 15) is 9.18 Å². The molecule has 23 heavy (non-hydrogen) atoms. The fourth-order valence-electron chi connectivity index (χ4n) is 2.96. The summed E-state index contributed by atoms with van der Waals surface area (Å²) in [6, 6.07) is 6.83. The largest absolute Gasteiger partial charge is 0.490 e. The molecule has 3 rings (SSSR count). The zero-order valence-electron chi connectivity index (χ0n) is 13.5. The summed E-state index contributed by atoms with van der Waals surface area (Å²) in [5.41, 5.74) is 0. The van der Waals surface area contributed by atoms with Crippen molar-refractivity contribution in [2.75, 3.05) is 26.2 Å². The Labute approximate surface area is 137 Å². The molecule has 2 fully saturated rings. The fourth-order valence-corrected chi connectivity index (χ4v) is 2.96. The van der Waals surface area contributed by atoms with Crippen LogP contribution in [-0.2, 0) is 4.79 Å². The number of para-hydroxylation sites is 1. The molecular weight excluding hydrogens is 295 g/mol. The van der Waals surface area contributed by atoms with Crippen molar-refractivity contribution in [2.24, 2.45) is 5.92 Å². The smallest absolute Gasteiger partial charge is 0.225 e. The van der Waals surface area contributed by atoms with Crippen molar-refractivity contribution in [3.8, 4) is 5.75 Å². The van der Waals surface area contributed by atoms with Crippen LogP contribution >= 0.6 is 0 Å². The molecule has 0 atom stereocenters. The molecule has 0 aromatic heterocycles. The van der Waals surface area contributed by atoms with Crippen LogP contribution in [0.2, 0.25) is 0 Å². The van der Waals surface area contributed by atoms with E-state index in [2.05, 4.69) is 5.32 Å². The van der Waals surface area contributed by atoms with E-state index in [4.69, 9.17) is 4.74 Å². The van der Waals surface area contributed by atoms with Gasteiger partial charge in [-0.3, -0.25) is 4.79 Å². The minimum absolute atomic E-state index is 0.0991. The highest BCUT2D eigenvalue weighted by Crippen LogP contribution is 2.28. The van der Waals surface area contributed by atoms with Crippen LogP contribution in [0.4, 0.5) is 4.39 Å². The zero-order valence-corrected chi connectivity index (χ0v) is 13.5. The Balaban J connectivity index is 1.33. The topological polar surface area (TPSA) is 41.6 Å². The molecule has 5 heteroatoms. The number of benzene rings is 1. The van der Waals surface area contributed by atoms with Gasteiger partial charge in [0.05, 0.1) is 13.0 Å². The van der Waals surface area contributed by atoms with E-state index in [1.54, 1.807) is 18.2 Å². The molecular formula is C18H25FN2O2. The van der Waals surface area contributed by atoms with Gasteiger partial charge in [-0.1, -0.05) is 12.1 Å². The first-order chi connectivity index (χ1) is 11.2. The summed E-state index contributed by atoms with van der Waals surface area (Å²) in [7, 11) is 0. The lowest BCUT2D eigenvalue weighted by atomic mass is 10.0. The molecule has 0 spiro atoms. The second kappa shape index (κ2) is 7.77. The predicted octanol–water partition coefficient (Wildman–Crippen LogP) is 2.59. The third kappa shape index (κ3) is 4.93. The lowest BCUT2D eigenvalue weighted by Gasteiger charge is -2.32. The van der Waals surface area contributed by atoms with Gasteiger partial charge in [0.2, 0.25) is 5.91 Å². The molecule has 4 nitrogen and oxygen atoms in total. The van der Waals surface area contributed by atoms with Gasteiger partial charge in [-0.15, -0.1) is 0 Å². The summed E-state index contributed by atoms with van der Waals surface area (Å²) >= 11 is 0. The molecule has 126 valence electrons. The van der Waals surface area contributed by atoms with Crippen molar-refractivity contribution < 1.29 is 13.9 Å². The van der Waals surface area contributed by atoms with Crippen molar-refractivity contribution in [1.82, 2.24) is 10.2 Å². The third-order valence-corrected chi connectivity index (χ3v) is 4.65. The quantitative estimate of drug-likeness (QED) is 0.839. The van der Waals surface area contributed by atoms with Crippen molar-refractivity contribution in [3.05, 3.63) is 30.1 Å². The summed E-state index contributed by atoms with van der Waals surface area (Å²) in [5, 5.41) is 3.61. The van der Waals surface area contributed by atoms with Crippen LogP contribution in [0.25, 0.3) is 0 Å². The maximum atomic E-state index is 13.4. The van der Waals surface area contributed by atoms with E-state index in [1.165, 1.54) is 18.9 Å². The molecule has 1 N–H and O–H groups in total. The zero-order chi connectivity index (χ0) is 16.1. The van der Waals surface area contributed by atoms with Crippen LogP contribution in [0.1, 0.15) is 32.1 Å². The second-order valence-electron chi connectivity index (χ2n) is 6.54. The Morgan fingerprint density at radius 2 is 1.96 bits per heavy atom. The minimum atomic E-state index is -0.387. The molecule has 0 bridgehead atoms. The first-order valence-electron chi connectivity index (χ1n) is 8.61. The van der Waals surface area contributed by atoms with Gasteiger partial charge in [-0.25, -0.2) is 4.39 Å². The van der Waals surface area contributed by atoms with Gasteiger partial charge in [0.15, 0.2) is 11.6 Å². The van der Waals surface area contributed by atoms with E-state index >= 15 is 0 Å². The highest BCUT2D eigenvalue weighted by Gasteiger charge is 2.25. The number of nitrogens with zero attached hydrogens (tertiary/aromatic N) is 1. The molecule has 1 aromatic carbocycles. The Kier molecular flexibility index (Phi) is 5.49. The van der Waals surface area contributed by atoms with Crippen molar-refractivity contribution in [1.29, 1.82) is 0 Å². The lowest BCUT2D eigenvalue weighted by molar-refractivity contribution is -0.132. The summed E-state index contributed by atoms with van der Waals surface area (Å²) in [5.74, 6) is 0.818. The lowest BCUT2D eigenvalue weighted by Crippen LogP contribution is -2.45. The van der Waals surface area contributed by atoms with Crippen LogP contribution in [-0.4, -0.2) is 43.1 Å². The highest BCUT2D eigenvalue weighted by atomic mass is 19.1. The monoisotopic (exact) mass is 320 g/mol. The number of halogens is 1. The normalized spacial score (nSPS) is 18.9. The Hall–Kier alpha value is -1.62. The van der Waals surface area contributed by atoms with E-state index in [0.717, 1.165) is 38.4 Å². The Morgan fingerprint density at radius 1 is 1.22 bits per heavy atom. The number of carbonyl (C=O) groups is 1. The molecule has 1 heterocycles. The van der Waals surface area contributed by atoms with E-state index in [0.29, 0.717) is 12.5 Å². The van der Waals surface area contributed by atoms with E-state index < -0.39 is 0 Å². The molecule has 0 radical (unpaired) electrons. The summed E-state index contributed by atoms with van der Waals surface area (Å²) in [6.45, 7) is 2.97. The van der Waals surface area contributed by atoms with E-state index in [-0.39, 0.29) is 24.1 Å². The first kappa shape index (κ1) is 16.2. The van der Waals surface area contributed by atoms with Crippen LogP contribution in [0.5, 0.6) is 5.75 Å².